The summed E-state index contributed by atoms with van der Waals surface area (Å²) in [6.07, 6.45) is 0. The summed E-state index contributed by atoms with van der Waals surface area (Å²) in [5, 5.41) is 3.35. The second kappa shape index (κ2) is 6.43. The van der Waals surface area contributed by atoms with Crippen LogP contribution in [0, 0.1) is 5.92 Å². The molecule has 2 unspecified atom stereocenters. The zero-order chi connectivity index (χ0) is 13.7. The van der Waals surface area contributed by atoms with Gasteiger partial charge in [0.2, 0.25) is 0 Å². The molecule has 0 fully saturated rings. The van der Waals surface area contributed by atoms with E-state index < -0.39 is 0 Å². The lowest BCUT2D eigenvalue weighted by molar-refractivity contribution is -0.145. The van der Waals surface area contributed by atoms with E-state index in [1.165, 1.54) is 12.7 Å². The lowest BCUT2D eigenvalue weighted by Crippen LogP contribution is -2.30. The van der Waals surface area contributed by atoms with Crippen LogP contribution in [0.2, 0.25) is 0 Å². The molecule has 0 aliphatic rings. The number of esters is 1. The van der Waals surface area contributed by atoms with E-state index in [2.05, 4.69) is 31.3 Å². The normalized spacial score (nSPS) is 14.1. The van der Waals surface area contributed by atoms with Gasteiger partial charge in [0, 0.05) is 11.7 Å². The first kappa shape index (κ1) is 14.6. The molecule has 1 aromatic carbocycles. The minimum atomic E-state index is -0.185. The SMILES string of the molecule is COC(=O)C(C)C(C)Nc1cccc(C(C)C)c1. The Hall–Kier alpha value is -1.51. The van der Waals surface area contributed by atoms with Gasteiger partial charge in [0.05, 0.1) is 13.0 Å². The highest BCUT2D eigenvalue weighted by atomic mass is 16.5. The van der Waals surface area contributed by atoms with Crippen LogP contribution in [0.1, 0.15) is 39.2 Å². The molecule has 0 heterocycles. The minimum Gasteiger partial charge on any atom is -0.469 e. The Balaban J connectivity index is 2.72. The molecule has 2 atom stereocenters. The van der Waals surface area contributed by atoms with E-state index in [-0.39, 0.29) is 17.9 Å². The molecular formula is C15H23NO2. The summed E-state index contributed by atoms with van der Waals surface area (Å²) < 4.78 is 4.75. The summed E-state index contributed by atoms with van der Waals surface area (Å²) in [5.41, 5.74) is 2.34. The van der Waals surface area contributed by atoms with Gasteiger partial charge in [-0.1, -0.05) is 26.0 Å². The number of benzene rings is 1. The van der Waals surface area contributed by atoms with Crippen molar-refractivity contribution >= 4 is 11.7 Å². The Labute approximate surface area is 110 Å². The molecule has 3 heteroatoms. The highest BCUT2D eigenvalue weighted by Crippen LogP contribution is 2.20. The van der Waals surface area contributed by atoms with E-state index >= 15 is 0 Å². The maximum absolute atomic E-state index is 11.5. The monoisotopic (exact) mass is 249 g/mol. The molecule has 18 heavy (non-hydrogen) atoms. The predicted molar refractivity (Wildman–Crippen MR) is 74.8 cm³/mol. The topological polar surface area (TPSA) is 38.3 Å². The largest absolute Gasteiger partial charge is 0.469 e. The molecule has 0 amide bonds. The van der Waals surface area contributed by atoms with Crippen LogP contribution >= 0.6 is 0 Å². The van der Waals surface area contributed by atoms with Crippen LogP contribution in [0.25, 0.3) is 0 Å². The molecule has 0 aliphatic carbocycles. The molecule has 0 aliphatic heterocycles. The molecular weight excluding hydrogens is 226 g/mol. The van der Waals surface area contributed by atoms with Gasteiger partial charge in [0.25, 0.3) is 0 Å². The van der Waals surface area contributed by atoms with Crippen LogP contribution in [0.15, 0.2) is 24.3 Å². The van der Waals surface area contributed by atoms with Crippen LogP contribution < -0.4 is 5.32 Å². The van der Waals surface area contributed by atoms with Crippen LogP contribution in [0.3, 0.4) is 0 Å². The summed E-state index contributed by atoms with van der Waals surface area (Å²) in [6, 6.07) is 8.34. The van der Waals surface area contributed by atoms with Gasteiger partial charge in [0.1, 0.15) is 0 Å². The summed E-state index contributed by atoms with van der Waals surface area (Å²) in [6.45, 7) is 8.19. The lowest BCUT2D eigenvalue weighted by Gasteiger charge is -2.21. The quantitative estimate of drug-likeness (QED) is 0.813. The third-order valence-corrected chi connectivity index (χ3v) is 3.27. The molecule has 0 bridgehead atoms. The van der Waals surface area contributed by atoms with E-state index in [9.17, 15) is 4.79 Å². The number of nitrogens with one attached hydrogen (secondary N) is 1. The molecule has 0 spiro atoms. The first-order valence-corrected chi connectivity index (χ1v) is 6.40. The van der Waals surface area contributed by atoms with Crippen molar-refractivity contribution < 1.29 is 9.53 Å². The molecule has 0 aromatic heterocycles. The maximum atomic E-state index is 11.5. The number of hydrogen-bond acceptors (Lipinski definition) is 3. The Morgan fingerprint density at radius 2 is 1.89 bits per heavy atom. The number of rotatable bonds is 5. The van der Waals surface area contributed by atoms with Crippen molar-refractivity contribution in [2.75, 3.05) is 12.4 Å². The van der Waals surface area contributed by atoms with Crippen molar-refractivity contribution in [2.45, 2.75) is 39.7 Å². The van der Waals surface area contributed by atoms with Crippen LogP contribution in [-0.2, 0) is 9.53 Å². The van der Waals surface area contributed by atoms with Crippen LogP contribution in [0.5, 0.6) is 0 Å². The number of anilines is 1. The lowest BCUT2D eigenvalue weighted by atomic mass is 10.0. The number of methoxy groups -OCH3 is 1. The van der Waals surface area contributed by atoms with Gasteiger partial charge >= 0.3 is 5.97 Å². The Kier molecular flexibility index (Phi) is 5.20. The third-order valence-electron chi connectivity index (χ3n) is 3.27. The molecule has 1 N–H and O–H groups in total. The van der Waals surface area contributed by atoms with Gasteiger partial charge in [-0.05, 0) is 37.5 Å². The third kappa shape index (κ3) is 3.76. The number of carbonyl (C=O) groups excluding carboxylic acids is 1. The fourth-order valence-electron chi connectivity index (χ4n) is 1.77. The van der Waals surface area contributed by atoms with E-state index in [4.69, 9.17) is 4.74 Å². The van der Waals surface area contributed by atoms with Gasteiger partial charge in [-0.3, -0.25) is 4.79 Å². The summed E-state index contributed by atoms with van der Waals surface area (Å²) in [7, 11) is 1.42. The molecule has 0 saturated heterocycles. The first-order valence-electron chi connectivity index (χ1n) is 6.40. The molecule has 1 aromatic rings. The molecule has 0 radical (unpaired) electrons. The van der Waals surface area contributed by atoms with Crippen molar-refractivity contribution in [2.24, 2.45) is 5.92 Å². The van der Waals surface area contributed by atoms with Gasteiger partial charge in [0.15, 0.2) is 0 Å². The summed E-state index contributed by atoms with van der Waals surface area (Å²) in [4.78, 5) is 11.5. The van der Waals surface area contributed by atoms with Crippen molar-refractivity contribution in [3.8, 4) is 0 Å². The Morgan fingerprint density at radius 1 is 1.22 bits per heavy atom. The Bertz CT molecular complexity index is 401. The maximum Gasteiger partial charge on any atom is 0.310 e. The average Bonchev–Trinajstić information content (AvgIpc) is 2.37. The standard InChI is InChI=1S/C15H23NO2/c1-10(2)13-7-6-8-14(9-13)16-12(4)11(3)15(17)18-5/h6-12,16H,1-5H3. The van der Waals surface area contributed by atoms with Gasteiger partial charge in [-0.2, -0.15) is 0 Å². The van der Waals surface area contributed by atoms with Crippen molar-refractivity contribution in [3.63, 3.8) is 0 Å². The summed E-state index contributed by atoms with van der Waals surface area (Å²) in [5.74, 6) is 0.146. The molecule has 0 saturated carbocycles. The summed E-state index contributed by atoms with van der Waals surface area (Å²) >= 11 is 0. The second-order valence-corrected chi connectivity index (χ2v) is 5.03. The van der Waals surface area contributed by atoms with E-state index in [0.29, 0.717) is 5.92 Å². The van der Waals surface area contributed by atoms with Crippen LogP contribution in [0.4, 0.5) is 5.69 Å². The Morgan fingerprint density at radius 3 is 2.44 bits per heavy atom. The van der Waals surface area contributed by atoms with Crippen LogP contribution in [-0.4, -0.2) is 19.1 Å². The van der Waals surface area contributed by atoms with Gasteiger partial charge < -0.3 is 10.1 Å². The zero-order valence-electron chi connectivity index (χ0n) is 11.9. The van der Waals surface area contributed by atoms with Crippen molar-refractivity contribution in [3.05, 3.63) is 29.8 Å². The van der Waals surface area contributed by atoms with Gasteiger partial charge in [-0.25, -0.2) is 0 Å². The number of carbonyl (C=O) groups is 1. The molecule has 1 rings (SSSR count). The first-order chi connectivity index (χ1) is 8.45. The highest BCUT2D eigenvalue weighted by Gasteiger charge is 2.20. The molecule has 100 valence electrons. The fourth-order valence-corrected chi connectivity index (χ4v) is 1.77. The average molecular weight is 249 g/mol. The number of hydrogen-bond donors (Lipinski definition) is 1. The van der Waals surface area contributed by atoms with E-state index in [0.717, 1.165) is 5.69 Å². The minimum absolute atomic E-state index is 0.0415. The van der Waals surface area contributed by atoms with Crippen molar-refractivity contribution in [1.82, 2.24) is 0 Å². The van der Waals surface area contributed by atoms with Gasteiger partial charge in [-0.15, -0.1) is 0 Å². The number of ether oxygens (including phenoxy) is 1. The highest BCUT2D eigenvalue weighted by molar-refractivity contribution is 5.73. The smallest absolute Gasteiger partial charge is 0.310 e. The van der Waals surface area contributed by atoms with Crippen molar-refractivity contribution in [1.29, 1.82) is 0 Å². The predicted octanol–water partition coefficient (Wildman–Crippen LogP) is 3.42. The van der Waals surface area contributed by atoms with E-state index in [1.807, 2.05) is 26.0 Å². The van der Waals surface area contributed by atoms with E-state index in [1.54, 1.807) is 0 Å². The molecule has 3 nitrogen and oxygen atoms in total. The second-order valence-electron chi connectivity index (χ2n) is 5.03. The fraction of sp³-hybridized carbons (Fsp3) is 0.533. The zero-order valence-corrected chi connectivity index (χ0v) is 11.9.